The molecule has 0 aliphatic heterocycles. The van der Waals surface area contributed by atoms with Gasteiger partial charge >= 0.3 is 0 Å². The van der Waals surface area contributed by atoms with E-state index < -0.39 is 15.5 Å². The van der Waals surface area contributed by atoms with Crippen LogP contribution in [-0.4, -0.2) is 14.8 Å². The number of alkyl halides is 2. The predicted molar refractivity (Wildman–Crippen MR) is 54.6 cm³/mol. The predicted octanol–water partition coefficient (Wildman–Crippen LogP) is 2.56. The normalized spacial score (nSPS) is 12.0. The van der Waals surface area contributed by atoms with Gasteiger partial charge in [-0.15, -0.1) is 0 Å². The second-order valence-corrected chi connectivity index (χ2v) is 5.87. The molecular weight excluding hydrogens is 246 g/mol. The summed E-state index contributed by atoms with van der Waals surface area (Å²) in [5, 5.41) is 0. The topological polar surface area (TPSA) is 34.1 Å². The zero-order valence-corrected chi connectivity index (χ0v) is 9.23. The molecule has 1 aromatic carbocycles. The number of halogens is 3. The van der Waals surface area contributed by atoms with E-state index in [1.807, 2.05) is 0 Å². The highest BCUT2D eigenvalue weighted by atomic mass is 35.7. The van der Waals surface area contributed by atoms with Gasteiger partial charge < -0.3 is 0 Å². The van der Waals surface area contributed by atoms with E-state index in [0.29, 0.717) is 11.1 Å². The molecule has 0 unspecified atom stereocenters. The van der Waals surface area contributed by atoms with Gasteiger partial charge in [0.2, 0.25) is 15.5 Å². The van der Waals surface area contributed by atoms with Crippen LogP contribution in [0.15, 0.2) is 24.3 Å². The van der Waals surface area contributed by atoms with Crippen molar-refractivity contribution in [2.45, 2.75) is 18.6 Å². The largest absolute Gasteiger partial charge is 0.242 e. The maximum absolute atomic E-state index is 12.0. The highest BCUT2D eigenvalue weighted by Crippen LogP contribution is 2.13. The fourth-order valence-corrected chi connectivity index (χ4v) is 2.12. The highest BCUT2D eigenvalue weighted by molar-refractivity contribution is 8.13. The molecule has 0 heterocycles. The maximum Gasteiger partial charge on any atom is 0.242 e. The minimum absolute atomic E-state index is 0.288. The molecule has 0 atom stereocenters. The molecule has 2 nitrogen and oxygen atoms in total. The van der Waals surface area contributed by atoms with Gasteiger partial charge in [-0.3, -0.25) is 0 Å². The molecule has 0 aromatic heterocycles. The first-order chi connectivity index (χ1) is 6.87. The van der Waals surface area contributed by atoms with E-state index >= 15 is 0 Å². The van der Waals surface area contributed by atoms with Crippen molar-refractivity contribution < 1.29 is 17.2 Å². The summed E-state index contributed by atoms with van der Waals surface area (Å²) in [7, 11) is 1.46. The van der Waals surface area contributed by atoms with Crippen molar-refractivity contribution in [2.24, 2.45) is 0 Å². The Kier molecular flexibility index (Phi) is 4.04. The van der Waals surface area contributed by atoms with Gasteiger partial charge in [-0.1, -0.05) is 24.3 Å². The molecule has 0 saturated carbocycles. The van der Waals surface area contributed by atoms with E-state index in [1.165, 1.54) is 24.3 Å². The van der Waals surface area contributed by atoms with Crippen LogP contribution in [0, 0.1) is 0 Å². The molecule has 84 valence electrons. The summed E-state index contributed by atoms with van der Waals surface area (Å²) in [6.07, 6.45) is -2.72. The molecule has 0 fully saturated rings. The summed E-state index contributed by atoms with van der Waals surface area (Å²) < 4.78 is 45.4. The lowest BCUT2D eigenvalue weighted by molar-refractivity contribution is 0.149. The van der Waals surface area contributed by atoms with Crippen LogP contribution in [0.4, 0.5) is 8.78 Å². The number of hydrogen-bond donors (Lipinski definition) is 0. The van der Waals surface area contributed by atoms with Gasteiger partial charge in [-0.25, -0.2) is 17.2 Å². The Morgan fingerprint density at radius 3 is 2.00 bits per heavy atom. The van der Waals surface area contributed by atoms with Crippen molar-refractivity contribution in [3.05, 3.63) is 35.4 Å². The van der Waals surface area contributed by atoms with E-state index in [1.54, 1.807) is 0 Å². The molecule has 6 heteroatoms. The molecule has 0 aliphatic carbocycles. The molecule has 0 spiro atoms. The van der Waals surface area contributed by atoms with Crippen LogP contribution < -0.4 is 0 Å². The SMILES string of the molecule is O=S(=O)(Cl)Cc1ccc(CC(F)F)cc1. The lowest BCUT2D eigenvalue weighted by Gasteiger charge is -2.02. The van der Waals surface area contributed by atoms with Crippen LogP contribution in [-0.2, 0) is 21.2 Å². The second-order valence-electron chi connectivity index (χ2n) is 3.09. The van der Waals surface area contributed by atoms with Crippen molar-refractivity contribution in [3.8, 4) is 0 Å². The number of benzene rings is 1. The minimum atomic E-state index is -3.59. The molecule has 0 saturated heterocycles. The quantitative estimate of drug-likeness (QED) is 0.774. The molecule has 0 aliphatic rings. The van der Waals surface area contributed by atoms with Gasteiger partial charge in [0.1, 0.15) is 0 Å². The van der Waals surface area contributed by atoms with Gasteiger partial charge in [-0.2, -0.15) is 0 Å². The second kappa shape index (κ2) is 4.90. The molecule has 15 heavy (non-hydrogen) atoms. The third-order valence-electron chi connectivity index (χ3n) is 1.75. The van der Waals surface area contributed by atoms with E-state index in [-0.39, 0.29) is 12.2 Å². The fourth-order valence-electron chi connectivity index (χ4n) is 1.15. The van der Waals surface area contributed by atoms with Crippen molar-refractivity contribution in [3.63, 3.8) is 0 Å². The molecule has 0 radical (unpaired) electrons. The fraction of sp³-hybridized carbons (Fsp3) is 0.333. The Bertz CT molecular complexity index is 414. The van der Waals surface area contributed by atoms with Crippen LogP contribution in [0.2, 0.25) is 0 Å². The van der Waals surface area contributed by atoms with Crippen LogP contribution in [0.3, 0.4) is 0 Å². The highest BCUT2D eigenvalue weighted by Gasteiger charge is 2.08. The van der Waals surface area contributed by atoms with Crippen molar-refractivity contribution in [1.29, 1.82) is 0 Å². The van der Waals surface area contributed by atoms with Gasteiger partial charge in [0.25, 0.3) is 0 Å². The van der Waals surface area contributed by atoms with Gasteiger partial charge in [0.15, 0.2) is 0 Å². The lowest BCUT2D eigenvalue weighted by Crippen LogP contribution is -1.98. The monoisotopic (exact) mass is 254 g/mol. The summed E-state index contributed by atoms with van der Waals surface area (Å²) in [6.45, 7) is 0. The average molecular weight is 255 g/mol. The number of rotatable bonds is 4. The van der Waals surface area contributed by atoms with Crippen LogP contribution in [0.25, 0.3) is 0 Å². The molecule has 0 amide bonds. The smallest absolute Gasteiger partial charge is 0.212 e. The lowest BCUT2D eigenvalue weighted by atomic mass is 10.1. The van der Waals surface area contributed by atoms with Gasteiger partial charge in [0, 0.05) is 17.1 Å². The minimum Gasteiger partial charge on any atom is -0.212 e. The van der Waals surface area contributed by atoms with Crippen LogP contribution in [0.1, 0.15) is 11.1 Å². The molecule has 0 bridgehead atoms. The third-order valence-corrected chi connectivity index (χ3v) is 2.76. The first-order valence-corrected chi connectivity index (χ1v) is 6.63. The Balaban J connectivity index is 2.73. The van der Waals surface area contributed by atoms with Crippen molar-refractivity contribution >= 4 is 19.7 Å². The van der Waals surface area contributed by atoms with E-state index in [0.717, 1.165) is 0 Å². The molecular formula is C9H9ClF2O2S. The summed E-state index contributed by atoms with van der Waals surface area (Å²) in [5.41, 5.74) is 0.962. The van der Waals surface area contributed by atoms with Gasteiger partial charge in [-0.05, 0) is 11.1 Å². The first-order valence-electron chi connectivity index (χ1n) is 4.15. The zero-order valence-electron chi connectivity index (χ0n) is 7.66. The average Bonchev–Trinajstić information content (AvgIpc) is 2.05. The van der Waals surface area contributed by atoms with Crippen molar-refractivity contribution in [1.82, 2.24) is 0 Å². The van der Waals surface area contributed by atoms with E-state index in [2.05, 4.69) is 0 Å². The standard InChI is InChI=1S/C9H9ClF2O2S/c10-15(13,14)6-8-3-1-7(2-4-8)5-9(11)12/h1-4,9H,5-6H2. The Morgan fingerprint density at radius 2 is 1.60 bits per heavy atom. The maximum atomic E-state index is 12.0. The third kappa shape index (κ3) is 5.09. The number of hydrogen-bond acceptors (Lipinski definition) is 2. The summed E-state index contributed by atoms with van der Waals surface area (Å²) in [6, 6.07) is 5.92. The first kappa shape index (κ1) is 12.4. The molecule has 1 aromatic rings. The Labute approximate surface area is 91.3 Å². The van der Waals surface area contributed by atoms with Crippen LogP contribution in [0.5, 0.6) is 0 Å². The van der Waals surface area contributed by atoms with Crippen molar-refractivity contribution in [2.75, 3.05) is 0 Å². The summed E-state index contributed by atoms with van der Waals surface area (Å²) in [4.78, 5) is 0. The van der Waals surface area contributed by atoms with E-state index in [4.69, 9.17) is 10.7 Å². The Morgan fingerprint density at radius 1 is 1.13 bits per heavy atom. The van der Waals surface area contributed by atoms with E-state index in [9.17, 15) is 17.2 Å². The molecule has 1 rings (SSSR count). The zero-order chi connectivity index (χ0) is 11.5. The Hall–Kier alpha value is -0.680. The summed E-state index contributed by atoms with van der Waals surface area (Å²) in [5.74, 6) is -0.288. The summed E-state index contributed by atoms with van der Waals surface area (Å²) >= 11 is 0. The van der Waals surface area contributed by atoms with Crippen LogP contribution >= 0.6 is 10.7 Å². The van der Waals surface area contributed by atoms with Gasteiger partial charge in [0.05, 0.1) is 5.75 Å². The molecule has 0 N–H and O–H groups in total.